The smallest absolute Gasteiger partial charge is 0.0306 e. The van der Waals surface area contributed by atoms with Crippen LogP contribution < -0.4 is 5.32 Å². The van der Waals surface area contributed by atoms with E-state index in [-0.39, 0.29) is 0 Å². The van der Waals surface area contributed by atoms with Crippen molar-refractivity contribution < 1.29 is 0 Å². The quantitative estimate of drug-likeness (QED) is 0.745. The van der Waals surface area contributed by atoms with Gasteiger partial charge < -0.3 is 5.32 Å². The van der Waals surface area contributed by atoms with Crippen molar-refractivity contribution in [1.29, 1.82) is 0 Å². The van der Waals surface area contributed by atoms with E-state index in [1.807, 2.05) is 18.5 Å². The molecule has 2 atom stereocenters. The molecule has 1 N–H and O–H groups in total. The van der Waals surface area contributed by atoms with Gasteiger partial charge in [0.25, 0.3) is 0 Å². The Bertz CT molecular complexity index is 310. The van der Waals surface area contributed by atoms with Crippen molar-refractivity contribution in [3.05, 3.63) is 30.1 Å². The monoisotopic (exact) mass is 204 g/mol. The summed E-state index contributed by atoms with van der Waals surface area (Å²) in [6.07, 6.45) is 6.38. The molecule has 2 unspecified atom stereocenters. The van der Waals surface area contributed by atoms with E-state index in [0.717, 1.165) is 19.0 Å². The largest absolute Gasteiger partial charge is 0.316 e. The zero-order valence-electron chi connectivity index (χ0n) is 9.66. The van der Waals surface area contributed by atoms with E-state index in [4.69, 9.17) is 0 Å². The molecule has 0 amide bonds. The van der Waals surface area contributed by atoms with Crippen molar-refractivity contribution in [1.82, 2.24) is 10.3 Å². The lowest BCUT2D eigenvalue weighted by molar-refractivity contribution is 0.540. The van der Waals surface area contributed by atoms with Gasteiger partial charge in [-0.1, -0.05) is 19.9 Å². The molecule has 2 heteroatoms. The zero-order chi connectivity index (χ0) is 10.7. The van der Waals surface area contributed by atoms with Gasteiger partial charge in [-0.15, -0.1) is 0 Å². The molecule has 1 aromatic heterocycles. The molecule has 0 aromatic carbocycles. The van der Waals surface area contributed by atoms with Crippen LogP contribution in [-0.4, -0.2) is 18.1 Å². The van der Waals surface area contributed by atoms with Crippen LogP contribution >= 0.6 is 0 Å². The molecule has 1 aliphatic carbocycles. The standard InChI is InChI=1S/C13H20N2/c1-3-6-15-10-13(8-11(13)2)12-5-4-7-14-9-12/h4-5,7,9,11,15H,3,6,8,10H2,1-2H3. The molecule has 1 aliphatic rings. The average Bonchev–Trinajstić information content (AvgIpc) is 2.93. The van der Waals surface area contributed by atoms with E-state index in [1.54, 1.807) is 0 Å². The van der Waals surface area contributed by atoms with Crippen LogP contribution in [-0.2, 0) is 5.41 Å². The molecule has 2 nitrogen and oxygen atoms in total. The average molecular weight is 204 g/mol. The van der Waals surface area contributed by atoms with E-state index in [1.165, 1.54) is 18.4 Å². The van der Waals surface area contributed by atoms with Crippen molar-refractivity contribution in [2.75, 3.05) is 13.1 Å². The van der Waals surface area contributed by atoms with E-state index in [2.05, 4.69) is 30.2 Å². The first-order chi connectivity index (χ1) is 7.29. The molecule has 82 valence electrons. The van der Waals surface area contributed by atoms with Gasteiger partial charge in [0.15, 0.2) is 0 Å². The lowest BCUT2D eigenvalue weighted by Gasteiger charge is -2.17. The number of hydrogen-bond donors (Lipinski definition) is 1. The van der Waals surface area contributed by atoms with Gasteiger partial charge in [0.05, 0.1) is 0 Å². The second-order valence-electron chi connectivity index (χ2n) is 4.68. The van der Waals surface area contributed by atoms with Gasteiger partial charge in [0.1, 0.15) is 0 Å². The summed E-state index contributed by atoms with van der Waals surface area (Å²) in [4.78, 5) is 4.23. The Hall–Kier alpha value is -0.890. The minimum atomic E-state index is 0.378. The second-order valence-corrected chi connectivity index (χ2v) is 4.68. The Morgan fingerprint density at radius 1 is 1.60 bits per heavy atom. The third-order valence-corrected chi connectivity index (χ3v) is 3.56. The molecule has 1 aromatic rings. The molecule has 0 radical (unpaired) electrons. The van der Waals surface area contributed by atoms with Crippen LogP contribution in [0, 0.1) is 5.92 Å². The van der Waals surface area contributed by atoms with Gasteiger partial charge in [0, 0.05) is 24.4 Å². The van der Waals surface area contributed by atoms with Crippen molar-refractivity contribution in [2.45, 2.75) is 32.1 Å². The Morgan fingerprint density at radius 2 is 2.40 bits per heavy atom. The summed E-state index contributed by atoms with van der Waals surface area (Å²) in [5.41, 5.74) is 1.78. The highest BCUT2D eigenvalue weighted by Gasteiger charge is 2.51. The molecule has 0 aliphatic heterocycles. The first kappa shape index (κ1) is 10.6. The molecule has 1 saturated carbocycles. The Morgan fingerprint density at radius 3 is 2.93 bits per heavy atom. The number of pyridine rings is 1. The zero-order valence-corrected chi connectivity index (χ0v) is 9.66. The van der Waals surface area contributed by atoms with E-state index in [0.29, 0.717) is 5.41 Å². The maximum absolute atomic E-state index is 4.23. The summed E-state index contributed by atoms with van der Waals surface area (Å²) in [5.74, 6) is 0.797. The van der Waals surface area contributed by atoms with Crippen LogP contribution in [0.4, 0.5) is 0 Å². The van der Waals surface area contributed by atoms with Crippen molar-refractivity contribution in [3.63, 3.8) is 0 Å². The fourth-order valence-electron chi connectivity index (χ4n) is 2.38. The molecule has 2 rings (SSSR count). The van der Waals surface area contributed by atoms with Crippen LogP contribution in [0.25, 0.3) is 0 Å². The predicted octanol–water partition coefficient (Wildman–Crippen LogP) is 2.36. The van der Waals surface area contributed by atoms with Crippen molar-refractivity contribution in [3.8, 4) is 0 Å². The minimum Gasteiger partial charge on any atom is -0.316 e. The lowest BCUT2D eigenvalue weighted by Crippen LogP contribution is -2.28. The van der Waals surface area contributed by atoms with Crippen LogP contribution in [0.1, 0.15) is 32.3 Å². The maximum Gasteiger partial charge on any atom is 0.0306 e. The number of aromatic nitrogens is 1. The van der Waals surface area contributed by atoms with Gasteiger partial charge >= 0.3 is 0 Å². The summed E-state index contributed by atoms with van der Waals surface area (Å²) in [6, 6.07) is 4.26. The highest BCUT2D eigenvalue weighted by atomic mass is 14.9. The first-order valence-corrected chi connectivity index (χ1v) is 5.91. The summed E-state index contributed by atoms with van der Waals surface area (Å²) in [7, 11) is 0. The van der Waals surface area contributed by atoms with Crippen LogP contribution in [0.5, 0.6) is 0 Å². The van der Waals surface area contributed by atoms with Crippen LogP contribution in [0.2, 0.25) is 0 Å². The van der Waals surface area contributed by atoms with Crippen LogP contribution in [0.15, 0.2) is 24.5 Å². The van der Waals surface area contributed by atoms with Gasteiger partial charge in [-0.05, 0) is 36.9 Å². The Balaban J connectivity index is 2.04. The summed E-state index contributed by atoms with van der Waals surface area (Å²) < 4.78 is 0. The molecular weight excluding hydrogens is 184 g/mol. The fraction of sp³-hybridized carbons (Fsp3) is 0.615. The molecule has 1 heterocycles. The third-order valence-electron chi connectivity index (χ3n) is 3.56. The summed E-state index contributed by atoms with van der Waals surface area (Å²) >= 11 is 0. The molecule has 0 saturated heterocycles. The van der Waals surface area contributed by atoms with Gasteiger partial charge in [-0.25, -0.2) is 0 Å². The maximum atomic E-state index is 4.23. The predicted molar refractivity (Wildman–Crippen MR) is 62.9 cm³/mol. The minimum absolute atomic E-state index is 0.378. The van der Waals surface area contributed by atoms with E-state index >= 15 is 0 Å². The van der Waals surface area contributed by atoms with Gasteiger partial charge in [-0.2, -0.15) is 0 Å². The van der Waals surface area contributed by atoms with Gasteiger partial charge in [0.2, 0.25) is 0 Å². The Kier molecular flexibility index (Phi) is 3.06. The van der Waals surface area contributed by atoms with Crippen molar-refractivity contribution >= 4 is 0 Å². The second kappa shape index (κ2) is 4.31. The summed E-state index contributed by atoms with van der Waals surface area (Å²) in [6.45, 7) is 6.77. The highest BCUT2D eigenvalue weighted by Crippen LogP contribution is 2.53. The fourth-order valence-corrected chi connectivity index (χ4v) is 2.38. The molecule has 15 heavy (non-hydrogen) atoms. The number of hydrogen-bond acceptors (Lipinski definition) is 2. The SMILES string of the molecule is CCCNCC1(c2cccnc2)CC1C. The van der Waals surface area contributed by atoms with Gasteiger partial charge in [-0.3, -0.25) is 4.98 Å². The van der Waals surface area contributed by atoms with Crippen molar-refractivity contribution in [2.24, 2.45) is 5.92 Å². The van der Waals surface area contributed by atoms with E-state index in [9.17, 15) is 0 Å². The molecule has 0 spiro atoms. The highest BCUT2D eigenvalue weighted by molar-refractivity contribution is 5.31. The topological polar surface area (TPSA) is 24.9 Å². The first-order valence-electron chi connectivity index (χ1n) is 5.91. The van der Waals surface area contributed by atoms with E-state index < -0.39 is 0 Å². The normalized spacial score (nSPS) is 29.1. The summed E-state index contributed by atoms with van der Waals surface area (Å²) in [5, 5.41) is 3.54. The number of nitrogens with one attached hydrogen (secondary N) is 1. The lowest BCUT2D eigenvalue weighted by atomic mass is 9.95. The molecule has 1 fully saturated rings. The number of rotatable bonds is 5. The molecule has 0 bridgehead atoms. The Labute approximate surface area is 92.1 Å². The molecular formula is C13H20N2. The number of nitrogens with zero attached hydrogens (tertiary/aromatic N) is 1. The third kappa shape index (κ3) is 2.05. The van der Waals surface area contributed by atoms with Crippen LogP contribution in [0.3, 0.4) is 0 Å².